The van der Waals surface area contributed by atoms with Gasteiger partial charge in [-0.25, -0.2) is 4.39 Å². The largest absolute Gasteiger partial charge is 0.375 e. The number of aromatic nitrogens is 1. The first-order chi connectivity index (χ1) is 8.66. The van der Waals surface area contributed by atoms with Gasteiger partial charge in [0.2, 0.25) is 0 Å². The van der Waals surface area contributed by atoms with Gasteiger partial charge >= 0.3 is 0 Å². The molecule has 6 heteroatoms. The number of rotatable bonds is 3. The lowest BCUT2D eigenvalue weighted by molar-refractivity contribution is 0.627. The lowest BCUT2D eigenvalue weighted by Crippen LogP contribution is -2.24. The molecule has 3 N–H and O–H groups in total. The quantitative estimate of drug-likeness (QED) is 0.503. The fourth-order valence-electron chi connectivity index (χ4n) is 1.50. The summed E-state index contributed by atoms with van der Waals surface area (Å²) < 4.78 is 14.7. The van der Waals surface area contributed by atoms with Crippen molar-refractivity contribution in [1.82, 2.24) is 9.99 Å². The maximum absolute atomic E-state index is 12.8. The number of hydrazone groups is 1. The molecule has 0 aliphatic rings. The molecule has 0 saturated carbocycles. The fourth-order valence-corrected chi connectivity index (χ4v) is 1.55. The zero-order valence-electron chi connectivity index (χ0n) is 9.38. The summed E-state index contributed by atoms with van der Waals surface area (Å²) >= 11 is 4.64. The van der Waals surface area contributed by atoms with Gasteiger partial charge in [-0.15, -0.1) is 0 Å². The highest BCUT2D eigenvalue weighted by Crippen LogP contribution is 2.12. The van der Waals surface area contributed by atoms with E-state index in [-0.39, 0.29) is 10.9 Å². The van der Waals surface area contributed by atoms with E-state index in [0.29, 0.717) is 0 Å². The molecule has 0 atom stereocenters. The third-order valence-corrected chi connectivity index (χ3v) is 2.35. The molecule has 0 fully saturated rings. The summed E-state index contributed by atoms with van der Waals surface area (Å²) in [4.78, 5) is 0. The lowest BCUT2D eigenvalue weighted by Gasteiger charge is -2.05. The van der Waals surface area contributed by atoms with E-state index in [1.807, 2.05) is 22.9 Å². The summed E-state index contributed by atoms with van der Waals surface area (Å²) in [7, 11) is 0. The molecule has 0 radical (unpaired) electrons. The van der Waals surface area contributed by atoms with E-state index >= 15 is 0 Å². The first-order valence-corrected chi connectivity index (χ1v) is 5.59. The average molecular weight is 262 g/mol. The van der Waals surface area contributed by atoms with Gasteiger partial charge in [0.25, 0.3) is 0 Å². The standard InChI is InChI=1S/C12H11FN4S/c13-9-3-5-10(6-4-9)17-7-1-2-11(17)8-15-16-12(14)18/h1-8H,(H3,14,16,18). The summed E-state index contributed by atoms with van der Waals surface area (Å²) in [5, 5.41) is 3.98. The van der Waals surface area contributed by atoms with E-state index in [0.717, 1.165) is 11.4 Å². The molecule has 18 heavy (non-hydrogen) atoms. The number of nitrogens with zero attached hydrogens (tertiary/aromatic N) is 2. The Morgan fingerprint density at radius 2 is 2.06 bits per heavy atom. The Hall–Kier alpha value is -2.21. The first-order valence-electron chi connectivity index (χ1n) is 5.18. The molecule has 1 aromatic carbocycles. The molecule has 0 bridgehead atoms. The number of halogens is 1. The Balaban J connectivity index is 2.24. The summed E-state index contributed by atoms with van der Waals surface area (Å²) in [5.41, 5.74) is 9.40. The second-order valence-corrected chi connectivity index (χ2v) is 3.95. The van der Waals surface area contributed by atoms with Crippen LogP contribution < -0.4 is 11.2 Å². The van der Waals surface area contributed by atoms with Crippen LogP contribution in [0.4, 0.5) is 4.39 Å². The minimum atomic E-state index is -0.267. The molecule has 0 spiro atoms. The van der Waals surface area contributed by atoms with Crippen LogP contribution in [0.5, 0.6) is 0 Å². The Morgan fingerprint density at radius 1 is 1.33 bits per heavy atom. The molecule has 0 saturated heterocycles. The van der Waals surface area contributed by atoms with E-state index in [9.17, 15) is 4.39 Å². The van der Waals surface area contributed by atoms with Gasteiger partial charge < -0.3 is 10.3 Å². The molecule has 1 heterocycles. The molecule has 0 amide bonds. The summed E-state index contributed by atoms with van der Waals surface area (Å²) in [5.74, 6) is -0.267. The molecule has 2 aromatic rings. The van der Waals surface area contributed by atoms with Gasteiger partial charge in [-0.1, -0.05) is 0 Å². The first kappa shape index (κ1) is 12.3. The predicted octanol–water partition coefficient (Wildman–Crippen LogP) is 1.78. The van der Waals surface area contributed by atoms with Crippen LogP contribution in [0.1, 0.15) is 5.69 Å². The third kappa shape index (κ3) is 2.92. The molecule has 2 rings (SSSR count). The van der Waals surface area contributed by atoms with Gasteiger partial charge in [0, 0.05) is 11.9 Å². The maximum Gasteiger partial charge on any atom is 0.184 e. The van der Waals surface area contributed by atoms with Crippen molar-refractivity contribution < 1.29 is 4.39 Å². The van der Waals surface area contributed by atoms with Crippen LogP contribution in [-0.4, -0.2) is 15.9 Å². The average Bonchev–Trinajstić information content (AvgIpc) is 2.78. The zero-order chi connectivity index (χ0) is 13.0. The van der Waals surface area contributed by atoms with Gasteiger partial charge in [0.1, 0.15) is 5.82 Å². The molecule has 1 aromatic heterocycles. The SMILES string of the molecule is NC(=S)NN=Cc1cccn1-c1ccc(F)cc1. The van der Waals surface area contributed by atoms with Crippen molar-refractivity contribution >= 4 is 23.5 Å². The molecule has 4 nitrogen and oxygen atoms in total. The van der Waals surface area contributed by atoms with Gasteiger partial charge in [-0.05, 0) is 48.6 Å². The van der Waals surface area contributed by atoms with Crippen molar-refractivity contribution in [2.24, 2.45) is 10.8 Å². The van der Waals surface area contributed by atoms with Crippen molar-refractivity contribution in [3.63, 3.8) is 0 Å². The maximum atomic E-state index is 12.8. The molecule has 0 unspecified atom stereocenters. The van der Waals surface area contributed by atoms with Crippen LogP contribution >= 0.6 is 12.2 Å². The fraction of sp³-hybridized carbons (Fsp3) is 0. The van der Waals surface area contributed by atoms with E-state index in [1.165, 1.54) is 12.1 Å². The number of nitrogens with two attached hydrogens (primary N) is 1. The van der Waals surface area contributed by atoms with Crippen LogP contribution in [0.25, 0.3) is 5.69 Å². The normalized spacial score (nSPS) is 10.7. The van der Waals surface area contributed by atoms with Gasteiger partial charge in [0.05, 0.1) is 11.9 Å². The Kier molecular flexibility index (Phi) is 3.69. The molecule has 92 valence electrons. The number of benzene rings is 1. The van der Waals surface area contributed by atoms with E-state index < -0.39 is 0 Å². The van der Waals surface area contributed by atoms with Gasteiger partial charge in [-0.3, -0.25) is 5.43 Å². The second kappa shape index (κ2) is 5.42. The minimum absolute atomic E-state index is 0.103. The summed E-state index contributed by atoms with van der Waals surface area (Å²) in [6, 6.07) is 9.92. The summed E-state index contributed by atoms with van der Waals surface area (Å²) in [6.45, 7) is 0. The number of hydrogen-bond acceptors (Lipinski definition) is 2. The number of thiocarbonyl (C=S) groups is 1. The topological polar surface area (TPSA) is 55.3 Å². The minimum Gasteiger partial charge on any atom is -0.375 e. The highest BCUT2D eigenvalue weighted by Gasteiger charge is 2.01. The van der Waals surface area contributed by atoms with E-state index in [1.54, 1.807) is 18.3 Å². The monoisotopic (exact) mass is 262 g/mol. The highest BCUT2D eigenvalue weighted by molar-refractivity contribution is 7.80. The third-order valence-electron chi connectivity index (χ3n) is 2.26. The zero-order valence-corrected chi connectivity index (χ0v) is 10.2. The lowest BCUT2D eigenvalue weighted by atomic mass is 10.3. The molecular weight excluding hydrogens is 251 g/mol. The van der Waals surface area contributed by atoms with E-state index in [4.69, 9.17) is 5.73 Å². The van der Waals surface area contributed by atoms with Crippen molar-refractivity contribution in [1.29, 1.82) is 0 Å². The van der Waals surface area contributed by atoms with Crippen molar-refractivity contribution in [2.45, 2.75) is 0 Å². The Labute approximate surface area is 109 Å². The van der Waals surface area contributed by atoms with Crippen molar-refractivity contribution in [3.8, 4) is 5.69 Å². The van der Waals surface area contributed by atoms with Crippen molar-refractivity contribution in [3.05, 3.63) is 54.1 Å². The van der Waals surface area contributed by atoms with Crippen LogP contribution in [0.15, 0.2) is 47.7 Å². The van der Waals surface area contributed by atoms with Crippen molar-refractivity contribution in [2.75, 3.05) is 0 Å². The van der Waals surface area contributed by atoms with E-state index in [2.05, 4.69) is 22.7 Å². The molecule has 0 aliphatic carbocycles. The Morgan fingerprint density at radius 3 is 2.72 bits per heavy atom. The van der Waals surface area contributed by atoms with Crippen LogP contribution in [-0.2, 0) is 0 Å². The van der Waals surface area contributed by atoms with Crippen LogP contribution in [0.2, 0.25) is 0 Å². The van der Waals surface area contributed by atoms with Crippen LogP contribution in [0, 0.1) is 5.82 Å². The smallest absolute Gasteiger partial charge is 0.184 e. The Bertz CT molecular complexity index is 574. The predicted molar refractivity (Wildman–Crippen MR) is 73.2 cm³/mol. The molecule has 0 aliphatic heterocycles. The van der Waals surface area contributed by atoms with Gasteiger partial charge in [0.15, 0.2) is 5.11 Å². The second-order valence-electron chi connectivity index (χ2n) is 3.51. The van der Waals surface area contributed by atoms with Crippen LogP contribution in [0.3, 0.4) is 0 Å². The number of hydrogen-bond donors (Lipinski definition) is 2. The number of nitrogens with one attached hydrogen (secondary N) is 1. The highest BCUT2D eigenvalue weighted by atomic mass is 32.1. The van der Waals surface area contributed by atoms with Gasteiger partial charge in [-0.2, -0.15) is 5.10 Å². The molecular formula is C12H11FN4S. The summed E-state index contributed by atoms with van der Waals surface area (Å²) in [6.07, 6.45) is 3.44.